The van der Waals surface area contributed by atoms with E-state index in [4.69, 9.17) is 5.73 Å². The zero-order valence-corrected chi connectivity index (χ0v) is 13.2. The number of sulfone groups is 1. The zero-order valence-electron chi connectivity index (χ0n) is 12.4. The molecule has 0 spiro atoms. The molecule has 7 nitrogen and oxygen atoms in total. The van der Waals surface area contributed by atoms with E-state index in [1.54, 1.807) is 0 Å². The summed E-state index contributed by atoms with van der Waals surface area (Å²) in [6.07, 6.45) is 3.05. The summed E-state index contributed by atoms with van der Waals surface area (Å²) in [7, 11) is -1.94. The summed E-state index contributed by atoms with van der Waals surface area (Å²) >= 11 is 0. The van der Waals surface area contributed by atoms with Crippen molar-refractivity contribution in [2.75, 3.05) is 31.7 Å². The molecule has 1 atom stereocenters. The largest absolute Gasteiger partial charge is 0.469 e. The van der Waals surface area contributed by atoms with Crippen molar-refractivity contribution in [3.8, 4) is 0 Å². The average Bonchev–Trinajstić information content (AvgIpc) is 2.44. The van der Waals surface area contributed by atoms with Crippen LogP contribution in [0.4, 0.5) is 0 Å². The van der Waals surface area contributed by atoms with Gasteiger partial charge in [0.2, 0.25) is 5.91 Å². The van der Waals surface area contributed by atoms with Crippen LogP contribution in [0.25, 0.3) is 0 Å². The highest BCUT2D eigenvalue weighted by Crippen LogP contribution is 2.20. The lowest BCUT2D eigenvalue weighted by atomic mass is 9.99. The van der Waals surface area contributed by atoms with Gasteiger partial charge in [-0.3, -0.25) is 14.5 Å². The number of ether oxygens (including phenoxy) is 1. The van der Waals surface area contributed by atoms with Crippen LogP contribution in [0, 0.1) is 0 Å². The molecule has 1 unspecified atom stereocenters. The molecule has 1 saturated heterocycles. The van der Waals surface area contributed by atoms with Gasteiger partial charge in [-0.05, 0) is 19.4 Å². The first-order valence-corrected chi connectivity index (χ1v) is 8.96. The van der Waals surface area contributed by atoms with Gasteiger partial charge in [-0.25, -0.2) is 8.42 Å². The zero-order chi connectivity index (χ0) is 15.9. The van der Waals surface area contributed by atoms with Gasteiger partial charge in [-0.15, -0.1) is 0 Å². The van der Waals surface area contributed by atoms with Gasteiger partial charge in [0, 0.05) is 19.0 Å². The van der Waals surface area contributed by atoms with Gasteiger partial charge in [0.15, 0.2) is 9.84 Å². The standard InChI is InChI=1S/C13H24N2O5S/c1-20-13(17)10-11-4-2-3-6-15(11)7-9-21(18,19)8-5-12(14)16/h11H,2-10H2,1H3,(H2,14,16). The molecular formula is C13H24N2O5S. The summed E-state index contributed by atoms with van der Waals surface area (Å²) in [5.41, 5.74) is 4.97. The number of methoxy groups -OCH3 is 1. The van der Waals surface area contributed by atoms with Crippen LogP contribution < -0.4 is 5.73 Å². The third kappa shape index (κ3) is 6.90. The average molecular weight is 320 g/mol. The van der Waals surface area contributed by atoms with Crippen LogP contribution >= 0.6 is 0 Å². The van der Waals surface area contributed by atoms with Crippen LogP contribution in [-0.4, -0.2) is 62.9 Å². The molecule has 1 heterocycles. The van der Waals surface area contributed by atoms with Gasteiger partial charge < -0.3 is 10.5 Å². The van der Waals surface area contributed by atoms with Crippen molar-refractivity contribution in [2.24, 2.45) is 5.73 Å². The lowest BCUT2D eigenvalue weighted by molar-refractivity contribution is -0.142. The second kappa shape index (κ2) is 8.33. The van der Waals surface area contributed by atoms with Crippen molar-refractivity contribution in [2.45, 2.75) is 38.1 Å². The third-order valence-electron chi connectivity index (χ3n) is 3.73. The number of hydrogen-bond acceptors (Lipinski definition) is 6. The van der Waals surface area contributed by atoms with Gasteiger partial charge in [0.05, 0.1) is 25.0 Å². The fourth-order valence-electron chi connectivity index (χ4n) is 2.48. The summed E-state index contributed by atoms with van der Waals surface area (Å²) in [6.45, 7) is 1.16. The highest BCUT2D eigenvalue weighted by Gasteiger charge is 2.26. The normalized spacial score (nSPS) is 20.1. The van der Waals surface area contributed by atoms with Crippen LogP contribution in [0.1, 0.15) is 32.1 Å². The van der Waals surface area contributed by atoms with Crippen LogP contribution in [0.5, 0.6) is 0 Å². The highest BCUT2D eigenvalue weighted by atomic mass is 32.2. The highest BCUT2D eigenvalue weighted by molar-refractivity contribution is 7.91. The fourth-order valence-corrected chi connectivity index (χ4v) is 3.70. The number of hydrogen-bond donors (Lipinski definition) is 1. The van der Waals surface area contributed by atoms with E-state index in [-0.39, 0.29) is 36.4 Å². The van der Waals surface area contributed by atoms with Crippen molar-refractivity contribution in [1.82, 2.24) is 4.90 Å². The van der Waals surface area contributed by atoms with Crippen LogP contribution in [-0.2, 0) is 24.2 Å². The Morgan fingerprint density at radius 2 is 2.00 bits per heavy atom. The first-order chi connectivity index (χ1) is 9.84. The molecule has 0 aromatic carbocycles. The monoisotopic (exact) mass is 320 g/mol. The molecule has 0 saturated carbocycles. The molecule has 1 aliphatic rings. The Morgan fingerprint density at radius 3 is 2.62 bits per heavy atom. The second-order valence-corrected chi connectivity index (χ2v) is 7.64. The van der Waals surface area contributed by atoms with E-state index < -0.39 is 15.7 Å². The Balaban J connectivity index is 2.50. The van der Waals surface area contributed by atoms with E-state index in [2.05, 4.69) is 4.74 Å². The smallest absolute Gasteiger partial charge is 0.307 e. The fraction of sp³-hybridized carbons (Fsp3) is 0.846. The molecule has 1 rings (SSSR count). The van der Waals surface area contributed by atoms with Crippen LogP contribution in [0.15, 0.2) is 0 Å². The van der Waals surface area contributed by atoms with E-state index >= 15 is 0 Å². The molecule has 0 aliphatic carbocycles. The van der Waals surface area contributed by atoms with Crippen LogP contribution in [0.3, 0.4) is 0 Å². The number of likely N-dealkylation sites (tertiary alicyclic amines) is 1. The Morgan fingerprint density at radius 1 is 1.29 bits per heavy atom. The van der Waals surface area contributed by atoms with Crippen molar-refractivity contribution in [3.05, 3.63) is 0 Å². The summed E-state index contributed by atoms with van der Waals surface area (Å²) < 4.78 is 28.3. The molecule has 0 aromatic heterocycles. The minimum absolute atomic E-state index is 0.0159. The van der Waals surface area contributed by atoms with Crippen molar-refractivity contribution in [1.29, 1.82) is 0 Å². The third-order valence-corrected chi connectivity index (χ3v) is 5.36. The number of carbonyl (C=O) groups excluding carboxylic acids is 2. The van der Waals surface area contributed by atoms with Gasteiger partial charge in [0.1, 0.15) is 0 Å². The lowest BCUT2D eigenvalue weighted by Crippen LogP contribution is -2.43. The number of nitrogens with two attached hydrogens (primary N) is 1. The molecule has 2 N–H and O–H groups in total. The number of primary amides is 1. The number of nitrogens with zero attached hydrogens (tertiary/aromatic N) is 1. The van der Waals surface area contributed by atoms with Crippen molar-refractivity contribution < 1.29 is 22.7 Å². The molecule has 0 radical (unpaired) electrons. The molecule has 0 aromatic rings. The molecule has 21 heavy (non-hydrogen) atoms. The molecule has 1 aliphatic heterocycles. The molecule has 8 heteroatoms. The summed E-state index contributed by atoms with van der Waals surface area (Å²) in [5, 5.41) is 0. The number of rotatable bonds is 8. The first-order valence-electron chi connectivity index (χ1n) is 7.13. The molecule has 1 fully saturated rings. The van der Waals surface area contributed by atoms with Crippen LogP contribution in [0.2, 0.25) is 0 Å². The minimum atomic E-state index is -3.29. The van der Waals surface area contributed by atoms with Crippen molar-refractivity contribution >= 4 is 21.7 Å². The maximum atomic E-state index is 11.8. The number of amides is 1. The second-order valence-electron chi connectivity index (χ2n) is 5.33. The van der Waals surface area contributed by atoms with Gasteiger partial charge >= 0.3 is 5.97 Å². The predicted molar refractivity (Wildman–Crippen MR) is 78.3 cm³/mol. The Hall–Kier alpha value is -1.15. The maximum Gasteiger partial charge on any atom is 0.307 e. The Labute approximate surface area is 125 Å². The lowest BCUT2D eigenvalue weighted by Gasteiger charge is -2.35. The van der Waals surface area contributed by atoms with Gasteiger partial charge in [0.25, 0.3) is 0 Å². The minimum Gasteiger partial charge on any atom is -0.469 e. The first kappa shape index (κ1) is 17.9. The van der Waals surface area contributed by atoms with E-state index in [1.807, 2.05) is 4.90 Å². The summed E-state index contributed by atoms with van der Waals surface area (Å²) in [5.74, 6) is -1.11. The molecule has 122 valence electrons. The summed E-state index contributed by atoms with van der Waals surface area (Å²) in [6, 6.07) is 0.0394. The quantitative estimate of drug-likeness (QED) is 0.615. The predicted octanol–water partition coefficient (Wildman–Crippen LogP) is -0.306. The number of carbonyl (C=O) groups is 2. The summed E-state index contributed by atoms with van der Waals surface area (Å²) in [4.78, 5) is 24.1. The van der Waals surface area contributed by atoms with E-state index in [0.29, 0.717) is 6.54 Å². The molecule has 1 amide bonds. The van der Waals surface area contributed by atoms with E-state index in [0.717, 1.165) is 25.8 Å². The van der Waals surface area contributed by atoms with Crippen molar-refractivity contribution in [3.63, 3.8) is 0 Å². The Kier molecular flexibility index (Phi) is 7.10. The van der Waals surface area contributed by atoms with Gasteiger partial charge in [-0.1, -0.05) is 6.42 Å². The Bertz CT molecular complexity index is 463. The maximum absolute atomic E-state index is 11.8. The number of piperidine rings is 1. The molecule has 0 bridgehead atoms. The van der Waals surface area contributed by atoms with Gasteiger partial charge in [-0.2, -0.15) is 0 Å². The topological polar surface area (TPSA) is 107 Å². The van der Waals surface area contributed by atoms with E-state index in [1.165, 1.54) is 7.11 Å². The molecular weight excluding hydrogens is 296 g/mol. The van der Waals surface area contributed by atoms with E-state index in [9.17, 15) is 18.0 Å². The SMILES string of the molecule is COC(=O)CC1CCCCN1CCS(=O)(=O)CCC(N)=O. The number of esters is 1.